The van der Waals surface area contributed by atoms with Gasteiger partial charge in [0.05, 0.1) is 23.0 Å². The smallest absolute Gasteiger partial charge is 0.250 e. The molecule has 1 N–H and O–H groups in total. The first kappa shape index (κ1) is 20.7. The average molecular weight is 441 g/mol. The molecule has 3 aromatic rings. The van der Waals surface area contributed by atoms with E-state index in [0.717, 1.165) is 17.0 Å². The quantitative estimate of drug-likeness (QED) is 0.592. The number of aryl methyl sites for hydroxylation is 2. The van der Waals surface area contributed by atoms with Gasteiger partial charge in [0.15, 0.2) is 5.82 Å². The van der Waals surface area contributed by atoms with Gasteiger partial charge in [0.1, 0.15) is 6.04 Å². The number of halogens is 3. The van der Waals surface area contributed by atoms with Crippen LogP contribution in [-0.2, 0) is 11.3 Å². The Labute approximate surface area is 178 Å². The summed E-state index contributed by atoms with van der Waals surface area (Å²) in [7, 11) is 0. The minimum atomic E-state index is -0.526. The fourth-order valence-electron chi connectivity index (χ4n) is 2.90. The molecule has 1 amide bonds. The van der Waals surface area contributed by atoms with Crippen molar-refractivity contribution in [1.82, 2.24) is 19.6 Å². The molecule has 1 unspecified atom stereocenters. The standard InChI is InChI=1S/C19H20Cl3N5O/c1-10-7-17(25-26(10)9-14-5-6-15(20)8-16(14)21)23-19(28)13(4)27-12(3)18(22)11(2)24-27/h5-8,13H,9H2,1-4H3,(H,23,25,28). The van der Waals surface area contributed by atoms with Gasteiger partial charge < -0.3 is 5.32 Å². The fourth-order valence-corrected chi connectivity index (χ4v) is 3.50. The van der Waals surface area contributed by atoms with Gasteiger partial charge in [-0.25, -0.2) is 0 Å². The highest BCUT2D eigenvalue weighted by Crippen LogP contribution is 2.24. The highest BCUT2D eigenvalue weighted by molar-refractivity contribution is 6.35. The summed E-state index contributed by atoms with van der Waals surface area (Å²) < 4.78 is 3.39. The van der Waals surface area contributed by atoms with E-state index < -0.39 is 6.04 Å². The molecule has 148 valence electrons. The van der Waals surface area contributed by atoms with Crippen LogP contribution in [0.5, 0.6) is 0 Å². The largest absolute Gasteiger partial charge is 0.307 e. The van der Waals surface area contributed by atoms with E-state index in [9.17, 15) is 4.79 Å². The van der Waals surface area contributed by atoms with Crippen LogP contribution in [0.2, 0.25) is 15.1 Å². The van der Waals surface area contributed by atoms with Crippen molar-refractivity contribution >= 4 is 46.5 Å². The molecule has 2 heterocycles. The van der Waals surface area contributed by atoms with E-state index in [-0.39, 0.29) is 5.91 Å². The summed E-state index contributed by atoms with van der Waals surface area (Å²) in [5.41, 5.74) is 3.23. The molecule has 0 aliphatic heterocycles. The molecule has 0 bridgehead atoms. The number of carbonyl (C=O) groups excluding carboxylic acids is 1. The van der Waals surface area contributed by atoms with Crippen molar-refractivity contribution in [3.05, 3.63) is 62.0 Å². The molecule has 9 heteroatoms. The van der Waals surface area contributed by atoms with E-state index in [1.807, 2.05) is 32.9 Å². The molecule has 0 aliphatic carbocycles. The van der Waals surface area contributed by atoms with Gasteiger partial charge in [0.25, 0.3) is 0 Å². The van der Waals surface area contributed by atoms with Crippen molar-refractivity contribution < 1.29 is 4.79 Å². The third-order valence-electron chi connectivity index (χ3n) is 4.55. The summed E-state index contributed by atoms with van der Waals surface area (Å²) >= 11 is 18.4. The Bertz CT molecular complexity index is 1040. The molecule has 0 radical (unpaired) electrons. The summed E-state index contributed by atoms with van der Waals surface area (Å²) in [6, 6.07) is 6.62. The number of hydrogen-bond donors (Lipinski definition) is 1. The molecule has 28 heavy (non-hydrogen) atoms. The molecule has 2 aromatic heterocycles. The molecule has 1 atom stereocenters. The monoisotopic (exact) mass is 439 g/mol. The summed E-state index contributed by atoms with van der Waals surface area (Å²) in [5.74, 6) is 0.239. The summed E-state index contributed by atoms with van der Waals surface area (Å²) in [6.45, 7) is 7.80. The van der Waals surface area contributed by atoms with Gasteiger partial charge in [0.2, 0.25) is 5.91 Å². The van der Waals surface area contributed by atoms with Crippen molar-refractivity contribution in [2.75, 3.05) is 5.32 Å². The summed E-state index contributed by atoms with van der Waals surface area (Å²) in [6.07, 6.45) is 0. The maximum absolute atomic E-state index is 12.7. The van der Waals surface area contributed by atoms with Gasteiger partial charge >= 0.3 is 0 Å². The lowest BCUT2D eigenvalue weighted by molar-refractivity contribution is -0.119. The number of hydrogen-bond acceptors (Lipinski definition) is 3. The van der Waals surface area contributed by atoms with Crippen LogP contribution in [0.3, 0.4) is 0 Å². The Morgan fingerprint density at radius 1 is 1.14 bits per heavy atom. The lowest BCUT2D eigenvalue weighted by Crippen LogP contribution is -2.25. The van der Waals surface area contributed by atoms with E-state index in [2.05, 4.69) is 15.5 Å². The summed E-state index contributed by atoms with van der Waals surface area (Å²) in [4.78, 5) is 12.7. The molecular weight excluding hydrogens is 421 g/mol. The Hall–Kier alpha value is -2.02. The topological polar surface area (TPSA) is 64.7 Å². The van der Waals surface area contributed by atoms with Crippen LogP contribution in [0.1, 0.15) is 35.6 Å². The third-order valence-corrected chi connectivity index (χ3v) is 5.68. The molecule has 0 fully saturated rings. The minimum Gasteiger partial charge on any atom is -0.307 e. The van der Waals surface area contributed by atoms with E-state index >= 15 is 0 Å². The number of rotatable bonds is 5. The zero-order valence-electron chi connectivity index (χ0n) is 15.9. The Morgan fingerprint density at radius 2 is 1.86 bits per heavy atom. The van der Waals surface area contributed by atoms with Gasteiger partial charge in [-0.15, -0.1) is 0 Å². The maximum atomic E-state index is 12.7. The van der Waals surface area contributed by atoms with E-state index in [4.69, 9.17) is 34.8 Å². The van der Waals surface area contributed by atoms with Gasteiger partial charge in [-0.05, 0) is 45.4 Å². The number of nitrogens with one attached hydrogen (secondary N) is 1. The van der Waals surface area contributed by atoms with E-state index in [1.165, 1.54) is 0 Å². The van der Waals surface area contributed by atoms with Crippen LogP contribution in [0.4, 0.5) is 5.82 Å². The highest BCUT2D eigenvalue weighted by Gasteiger charge is 2.21. The lowest BCUT2D eigenvalue weighted by atomic mass is 10.2. The Balaban J connectivity index is 1.75. The van der Waals surface area contributed by atoms with Crippen LogP contribution in [0, 0.1) is 20.8 Å². The number of nitrogens with zero attached hydrogens (tertiary/aromatic N) is 4. The number of aromatic nitrogens is 4. The number of benzene rings is 1. The fraction of sp³-hybridized carbons (Fsp3) is 0.316. The second-order valence-corrected chi connectivity index (χ2v) is 7.88. The van der Waals surface area contributed by atoms with Gasteiger partial charge in [-0.1, -0.05) is 40.9 Å². The first-order valence-corrected chi connectivity index (χ1v) is 9.81. The molecule has 3 rings (SSSR count). The van der Waals surface area contributed by atoms with Crippen molar-refractivity contribution in [3.8, 4) is 0 Å². The van der Waals surface area contributed by atoms with Crippen LogP contribution in [-0.4, -0.2) is 25.5 Å². The average Bonchev–Trinajstić information content (AvgIpc) is 3.10. The molecule has 6 nitrogen and oxygen atoms in total. The molecule has 0 spiro atoms. The maximum Gasteiger partial charge on any atom is 0.250 e. The van der Waals surface area contributed by atoms with E-state index in [0.29, 0.717) is 33.1 Å². The predicted molar refractivity (Wildman–Crippen MR) is 113 cm³/mol. The zero-order valence-corrected chi connectivity index (χ0v) is 18.2. The molecular formula is C19H20Cl3N5O. The second kappa shape index (κ2) is 8.15. The predicted octanol–water partition coefficient (Wildman–Crippen LogP) is 5.21. The molecule has 0 aliphatic rings. The van der Waals surface area contributed by atoms with Crippen LogP contribution >= 0.6 is 34.8 Å². The minimum absolute atomic E-state index is 0.226. The zero-order chi connectivity index (χ0) is 20.6. The van der Waals surface area contributed by atoms with Crippen molar-refractivity contribution in [1.29, 1.82) is 0 Å². The van der Waals surface area contributed by atoms with Gasteiger partial charge in [-0.3, -0.25) is 14.2 Å². The van der Waals surface area contributed by atoms with Crippen molar-refractivity contribution in [2.45, 2.75) is 40.3 Å². The number of carbonyl (C=O) groups is 1. The van der Waals surface area contributed by atoms with Crippen molar-refractivity contribution in [2.24, 2.45) is 0 Å². The van der Waals surface area contributed by atoms with Crippen LogP contribution in [0.15, 0.2) is 24.3 Å². The molecule has 0 saturated heterocycles. The number of anilines is 1. The molecule has 0 saturated carbocycles. The SMILES string of the molecule is Cc1nn(C(C)C(=O)Nc2cc(C)n(Cc3ccc(Cl)cc3Cl)n2)c(C)c1Cl. The highest BCUT2D eigenvalue weighted by atomic mass is 35.5. The first-order chi connectivity index (χ1) is 13.2. The van der Waals surface area contributed by atoms with E-state index in [1.54, 1.807) is 28.4 Å². The summed E-state index contributed by atoms with van der Waals surface area (Å²) in [5, 5.41) is 13.4. The van der Waals surface area contributed by atoms with Crippen molar-refractivity contribution in [3.63, 3.8) is 0 Å². The lowest BCUT2D eigenvalue weighted by Gasteiger charge is -2.13. The Morgan fingerprint density at radius 3 is 2.46 bits per heavy atom. The third kappa shape index (κ3) is 4.19. The van der Waals surface area contributed by atoms with Crippen LogP contribution in [0.25, 0.3) is 0 Å². The van der Waals surface area contributed by atoms with Gasteiger partial charge in [0, 0.05) is 21.8 Å². The Kier molecular flexibility index (Phi) is 6.03. The molecule has 1 aromatic carbocycles. The first-order valence-electron chi connectivity index (χ1n) is 8.67. The van der Waals surface area contributed by atoms with Crippen LogP contribution < -0.4 is 5.32 Å². The number of amides is 1. The second-order valence-electron chi connectivity index (χ2n) is 6.66. The normalized spacial score (nSPS) is 12.2. The van der Waals surface area contributed by atoms with Gasteiger partial charge in [-0.2, -0.15) is 10.2 Å².